The van der Waals surface area contributed by atoms with E-state index in [0.29, 0.717) is 23.9 Å². The fourth-order valence-corrected chi connectivity index (χ4v) is 7.76. The number of esters is 2. The second kappa shape index (κ2) is 53.7. The lowest BCUT2D eigenvalue weighted by Crippen LogP contribution is -2.37. The Morgan fingerprint density at radius 2 is 0.730 bits per heavy atom. The minimum absolute atomic E-state index is 0.0166. The summed E-state index contributed by atoms with van der Waals surface area (Å²) in [5.74, 6) is -0.845. The monoisotopic (exact) mass is 1050 g/mol. The van der Waals surface area contributed by atoms with Crippen LogP contribution in [0.4, 0.5) is 0 Å². The van der Waals surface area contributed by atoms with E-state index in [9.17, 15) is 19.0 Å². The van der Waals surface area contributed by atoms with Gasteiger partial charge in [0.2, 0.25) is 0 Å². The molecule has 0 aliphatic rings. The maximum Gasteiger partial charge on any atom is 0.472 e. The van der Waals surface area contributed by atoms with Crippen molar-refractivity contribution in [2.75, 3.05) is 47.5 Å². The summed E-state index contributed by atoms with van der Waals surface area (Å²) in [6.07, 6.45) is 79.0. The highest BCUT2D eigenvalue weighted by Crippen LogP contribution is 2.43. The number of hydrogen-bond acceptors (Lipinski definition) is 7. The van der Waals surface area contributed by atoms with Gasteiger partial charge in [0, 0.05) is 12.8 Å². The molecule has 9 nitrogen and oxygen atoms in total. The van der Waals surface area contributed by atoms with Gasteiger partial charge in [-0.25, -0.2) is 4.57 Å². The van der Waals surface area contributed by atoms with Crippen LogP contribution in [0.3, 0.4) is 0 Å². The van der Waals surface area contributed by atoms with Crippen LogP contribution in [-0.4, -0.2) is 74.9 Å². The summed E-state index contributed by atoms with van der Waals surface area (Å²) in [7, 11) is 1.43. The lowest BCUT2D eigenvalue weighted by molar-refractivity contribution is -0.870. The first-order valence-electron chi connectivity index (χ1n) is 28.6. The molecule has 0 aromatic heterocycles. The molecule has 0 rings (SSSR count). The van der Waals surface area contributed by atoms with Crippen LogP contribution in [0.15, 0.2) is 146 Å². The molecule has 0 aliphatic carbocycles. The minimum Gasteiger partial charge on any atom is -0.462 e. The third kappa shape index (κ3) is 57.2. The predicted molar refractivity (Wildman–Crippen MR) is 316 cm³/mol. The molecular weight excluding hydrogens is 942 g/mol. The van der Waals surface area contributed by atoms with Crippen molar-refractivity contribution in [3.8, 4) is 0 Å². The third-order valence-corrected chi connectivity index (χ3v) is 12.3. The van der Waals surface area contributed by atoms with Crippen LogP contribution in [0.2, 0.25) is 0 Å². The first-order chi connectivity index (χ1) is 36.0. The van der Waals surface area contributed by atoms with Crippen LogP contribution in [0.5, 0.6) is 0 Å². The van der Waals surface area contributed by atoms with Crippen LogP contribution >= 0.6 is 7.82 Å². The van der Waals surface area contributed by atoms with Gasteiger partial charge in [0.1, 0.15) is 19.8 Å². The average molecular weight is 1050 g/mol. The number of rotatable bonds is 50. The standard InChI is InChI=1S/C64H104NO8P/c1-6-8-10-12-14-16-18-20-22-24-26-28-30-32-34-36-38-40-42-44-46-48-50-52-54-56-63(66)70-60-62(61-72-74(68,69)71-59-58-65(3,4)5)73-64(67)57-55-53-51-49-47-45-43-41-39-37-35-33-31-29-27-25-23-21-19-17-15-13-11-9-7-2/h8-11,14-17,20-23,26-29,32-35,38-41,62H,6-7,12-13,18-19,24-25,30-31,36-37,42-61H2,1-5H3/p+1/b10-8-,11-9-,16-14-,17-15-,22-20-,23-21-,28-26-,29-27-,34-32-,35-33-,40-38-,41-39-. The number of unbranched alkanes of at least 4 members (excludes halogenated alkanes) is 12. The largest absolute Gasteiger partial charge is 0.472 e. The Morgan fingerprint density at radius 3 is 1.08 bits per heavy atom. The number of likely N-dealkylation sites (N-methyl/N-ethyl adjacent to an activating group) is 1. The topological polar surface area (TPSA) is 108 Å². The molecular formula is C64H105NO8P+. The third-order valence-electron chi connectivity index (χ3n) is 11.4. The van der Waals surface area contributed by atoms with Gasteiger partial charge in [-0.1, -0.05) is 211 Å². The van der Waals surface area contributed by atoms with Crippen molar-refractivity contribution in [1.82, 2.24) is 0 Å². The van der Waals surface area contributed by atoms with E-state index in [1.807, 2.05) is 21.1 Å². The van der Waals surface area contributed by atoms with Gasteiger partial charge in [-0.2, -0.15) is 0 Å². The number of ether oxygens (including phenoxy) is 2. The molecule has 0 fully saturated rings. The van der Waals surface area contributed by atoms with Crippen molar-refractivity contribution in [2.24, 2.45) is 0 Å². The van der Waals surface area contributed by atoms with Crippen molar-refractivity contribution in [3.05, 3.63) is 146 Å². The van der Waals surface area contributed by atoms with Gasteiger partial charge in [-0.3, -0.25) is 18.6 Å². The number of hydrogen-bond donors (Lipinski definition) is 1. The number of carbonyl (C=O) groups excluding carboxylic acids is 2. The molecule has 418 valence electrons. The van der Waals surface area contributed by atoms with Crippen molar-refractivity contribution in [2.45, 2.75) is 200 Å². The van der Waals surface area contributed by atoms with Gasteiger partial charge in [-0.05, 0) is 116 Å². The zero-order chi connectivity index (χ0) is 54.2. The summed E-state index contributed by atoms with van der Waals surface area (Å²) >= 11 is 0. The second-order valence-corrected chi connectivity index (χ2v) is 21.0. The Hall–Kier alpha value is -4.11. The Morgan fingerprint density at radius 1 is 0.419 bits per heavy atom. The normalized spacial score (nSPS) is 14.4. The van der Waals surface area contributed by atoms with E-state index >= 15 is 0 Å². The molecule has 0 aromatic carbocycles. The summed E-state index contributed by atoms with van der Waals surface area (Å²) in [5, 5.41) is 0. The zero-order valence-electron chi connectivity index (χ0n) is 47.3. The van der Waals surface area contributed by atoms with E-state index in [1.54, 1.807) is 0 Å². The summed E-state index contributed by atoms with van der Waals surface area (Å²) in [4.78, 5) is 35.7. The fourth-order valence-electron chi connectivity index (χ4n) is 7.02. The summed E-state index contributed by atoms with van der Waals surface area (Å²) in [6.45, 7) is 4.14. The summed E-state index contributed by atoms with van der Waals surface area (Å²) < 4.78 is 34.5. The SMILES string of the molecule is CC/C=C\C/C=C\C/C=C\C/C=C\C/C=C\C/C=C\CCCCCCCCC(=O)OCC(COP(=O)(O)OCC[N+](C)(C)C)OC(=O)CCCCCCCC/C=C\C/C=C\C/C=C\C/C=C\C/C=C\C/C=C\CC. The van der Waals surface area contributed by atoms with Gasteiger partial charge in [0.15, 0.2) is 6.10 Å². The first kappa shape index (κ1) is 69.9. The first-order valence-corrected chi connectivity index (χ1v) is 30.1. The van der Waals surface area contributed by atoms with E-state index in [2.05, 4.69) is 160 Å². The number of carbonyl (C=O) groups is 2. The van der Waals surface area contributed by atoms with Gasteiger partial charge >= 0.3 is 19.8 Å². The molecule has 0 heterocycles. The molecule has 1 N–H and O–H groups in total. The van der Waals surface area contributed by atoms with Gasteiger partial charge in [-0.15, -0.1) is 0 Å². The number of quaternary nitrogens is 1. The maximum absolute atomic E-state index is 12.8. The highest BCUT2D eigenvalue weighted by Gasteiger charge is 2.27. The lowest BCUT2D eigenvalue weighted by Gasteiger charge is -2.24. The molecule has 0 saturated heterocycles. The van der Waals surface area contributed by atoms with E-state index in [1.165, 1.54) is 0 Å². The maximum atomic E-state index is 12.8. The minimum atomic E-state index is -4.41. The van der Waals surface area contributed by atoms with Crippen LogP contribution in [-0.2, 0) is 32.7 Å². The van der Waals surface area contributed by atoms with E-state index < -0.39 is 32.5 Å². The lowest BCUT2D eigenvalue weighted by atomic mass is 10.1. The van der Waals surface area contributed by atoms with Gasteiger partial charge in [0.25, 0.3) is 0 Å². The zero-order valence-corrected chi connectivity index (χ0v) is 48.2. The van der Waals surface area contributed by atoms with E-state index in [0.717, 1.165) is 154 Å². The number of allylic oxidation sites excluding steroid dienone is 24. The smallest absolute Gasteiger partial charge is 0.462 e. The van der Waals surface area contributed by atoms with Crippen molar-refractivity contribution >= 4 is 19.8 Å². The molecule has 74 heavy (non-hydrogen) atoms. The Balaban J connectivity index is 4.31. The number of nitrogens with zero attached hydrogens (tertiary/aromatic N) is 1. The van der Waals surface area contributed by atoms with Gasteiger partial charge < -0.3 is 18.9 Å². The van der Waals surface area contributed by atoms with Crippen LogP contribution < -0.4 is 0 Å². The van der Waals surface area contributed by atoms with Crippen molar-refractivity contribution in [1.29, 1.82) is 0 Å². The number of phosphoric acid groups is 1. The van der Waals surface area contributed by atoms with Crippen LogP contribution in [0.1, 0.15) is 194 Å². The van der Waals surface area contributed by atoms with E-state index in [-0.39, 0.29) is 26.1 Å². The molecule has 0 bridgehead atoms. The molecule has 0 saturated carbocycles. The molecule has 2 unspecified atom stereocenters. The highest BCUT2D eigenvalue weighted by atomic mass is 31.2. The van der Waals surface area contributed by atoms with Crippen molar-refractivity contribution in [3.63, 3.8) is 0 Å². The van der Waals surface area contributed by atoms with Crippen molar-refractivity contribution < 1.29 is 42.1 Å². The average Bonchev–Trinajstić information content (AvgIpc) is 3.36. The van der Waals surface area contributed by atoms with Crippen LogP contribution in [0, 0.1) is 0 Å². The molecule has 0 radical (unpaired) electrons. The number of phosphoric ester groups is 1. The van der Waals surface area contributed by atoms with E-state index in [4.69, 9.17) is 18.5 Å². The molecule has 2 atom stereocenters. The Kier molecular flexibility index (Phi) is 50.7. The summed E-state index contributed by atoms with van der Waals surface area (Å²) in [6, 6.07) is 0. The molecule has 10 heteroatoms. The fraction of sp³-hybridized carbons (Fsp3) is 0.594. The molecule has 0 spiro atoms. The molecule has 0 aromatic rings. The van der Waals surface area contributed by atoms with Crippen LogP contribution in [0.25, 0.3) is 0 Å². The summed E-state index contributed by atoms with van der Waals surface area (Å²) in [5.41, 5.74) is 0. The van der Waals surface area contributed by atoms with Gasteiger partial charge in [0.05, 0.1) is 27.7 Å². The highest BCUT2D eigenvalue weighted by molar-refractivity contribution is 7.47. The quantitative estimate of drug-likeness (QED) is 0.0211. The molecule has 0 amide bonds. The second-order valence-electron chi connectivity index (χ2n) is 19.6. The molecule has 0 aliphatic heterocycles. The predicted octanol–water partition coefficient (Wildman–Crippen LogP) is 17.9. The Bertz CT molecular complexity index is 1760. The Labute approximate surface area is 453 Å².